The molecule has 0 spiro atoms. The average molecular weight is 272 g/mol. The number of benzene rings is 1. The Balaban J connectivity index is 2.92. The van der Waals surface area contributed by atoms with E-state index in [-0.39, 0.29) is 6.04 Å². The lowest BCUT2D eigenvalue weighted by molar-refractivity contribution is 0.410. The van der Waals surface area contributed by atoms with Crippen molar-refractivity contribution in [1.29, 1.82) is 0 Å². The predicted octanol–water partition coefficient (Wildman–Crippen LogP) is 3.50. The Hall–Kier alpha value is -0.540. The largest absolute Gasteiger partial charge is 0.496 e. The van der Waals surface area contributed by atoms with Gasteiger partial charge in [0.2, 0.25) is 0 Å². The Morgan fingerprint density at radius 1 is 1.47 bits per heavy atom. The lowest BCUT2D eigenvalue weighted by atomic mass is 9.93. The minimum Gasteiger partial charge on any atom is -0.496 e. The smallest absolute Gasteiger partial charge is 0.133 e. The second-order valence-electron chi connectivity index (χ2n) is 3.81. The molecule has 3 heteroatoms. The van der Waals surface area contributed by atoms with Gasteiger partial charge >= 0.3 is 0 Å². The molecule has 0 aliphatic carbocycles. The molecule has 0 fully saturated rings. The fourth-order valence-electron chi connectivity index (χ4n) is 1.47. The van der Waals surface area contributed by atoms with E-state index in [9.17, 15) is 0 Å². The quantitative estimate of drug-likeness (QED) is 0.910. The molecule has 0 heterocycles. The van der Waals surface area contributed by atoms with Crippen LogP contribution in [0.3, 0.4) is 0 Å². The van der Waals surface area contributed by atoms with Gasteiger partial charge in [-0.2, -0.15) is 0 Å². The molecule has 0 saturated carbocycles. The van der Waals surface area contributed by atoms with Crippen LogP contribution in [0.4, 0.5) is 0 Å². The number of hydrogen-bond donors (Lipinski definition) is 1. The molecule has 0 aliphatic heterocycles. The summed E-state index contributed by atoms with van der Waals surface area (Å²) in [4.78, 5) is 0. The third-order valence-electron chi connectivity index (χ3n) is 2.82. The summed E-state index contributed by atoms with van der Waals surface area (Å²) in [6.45, 7) is 4.33. The van der Waals surface area contributed by atoms with Crippen LogP contribution in [0, 0.1) is 5.92 Å². The number of ether oxygens (including phenoxy) is 1. The maximum Gasteiger partial charge on any atom is 0.133 e. The van der Waals surface area contributed by atoms with Crippen molar-refractivity contribution >= 4 is 15.9 Å². The van der Waals surface area contributed by atoms with E-state index in [0.717, 1.165) is 22.2 Å². The van der Waals surface area contributed by atoms with E-state index in [4.69, 9.17) is 10.5 Å². The Bertz CT molecular complexity index is 327. The normalized spacial score (nSPS) is 14.7. The molecule has 0 radical (unpaired) electrons. The van der Waals surface area contributed by atoms with E-state index in [1.54, 1.807) is 7.11 Å². The Labute approximate surface area is 99.9 Å². The van der Waals surface area contributed by atoms with E-state index in [1.807, 2.05) is 18.2 Å². The number of hydrogen-bond acceptors (Lipinski definition) is 2. The van der Waals surface area contributed by atoms with Gasteiger partial charge in [0, 0.05) is 6.04 Å². The number of methoxy groups -OCH3 is 1. The molecule has 2 atom stereocenters. The third kappa shape index (κ3) is 2.95. The molecule has 0 aliphatic rings. The second-order valence-corrected chi connectivity index (χ2v) is 4.66. The van der Waals surface area contributed by atoms with Crippen molar-refractivity contribution in [3.05, 3.63) is 28.2 Å². The molecule has 1 rings (SSSR count). The summed E-state index contributed by atoms with van der Waals surface area (Å²) >= 11 is 3.47. The Morgan fingerprint density at radius 2 is 2.13 bits per heavy atom. The van der Waals surface area contributed by atoms with Gasteiger partial charge in [-0.1, -0.05) is 26.3 Å². The van der Waals surface area contributed by atoms with Crippen LogP contribution >= 0.6 is 15.9 Å². The van der Waals surface area contributed by atoms with Crippen LogP contribution in [0.15, 0.2) is 22.7 Å². The summed E-state index contributed by atoms with van der Waals surface area (Å²) in [5, 5.41) is 0. The van der Waals surface area contributed by atoms with Gasteiger partial charge in [0.25, 0.3) is 0 Å². The van der Waals surface area contributed by atoms with Crippen molar-refractivity contribution in [1.82, 2.24) is 0 Å². The molecule has 1 aromatic carbocycles. The first-order chi connectivity index (χ1) is 7.10. The number of halogens is 1. The molecule has 0 amide bonds. The predicted molar refractivity (Wildman–Crippen MR) is 67.1 cm³/mol. The van der Waals surface area contributed by atoms with Gasteiger partial charge in [0.15, 0.2) is 0 Å². The lowest BCUT2D eigenvalue weighted by Crippen LogP contribution is -2.18. The highest BCUT2D eigenvalue weighted by Gasteiger charge is 2.14. The summed E-state index contributed by atoms with van der Waals surface area (Å²) in [5.41, 5.74) is 7.30. The second kappa shape index (κ2) is 5.52. The third-order valence-corrected chi connectivity index (χ3v) is 3.44. The highest BCUT2D eigenvalue weighted by atomic mass is 79.9. The SMILES string of the molecule is CCC(C)[C@@H](N)c1ccc(OC)c(Br)c1. The molecular weight excluding hydrogens is 254 g/mol. The van der Waals surface area contributed by atoms with Gasteiger partial charge in [-0.05, 0) is 39.5 Å². The monoisotopic (exact) mass is 271 g/mol. The van der Waals surface area contributed by atoms with Crippen molar-refractivity contribution in [3.63, 3.8) is 0 Å². The Morgan fingerprint density at radius 3 is 2.60 bits per heavy atom. The molecule has 2 N–H and O–H groups in total. The van der Waals surface area contributed by atoms with Crippen LogP contribution in [0.2, 0.25) is 0 Å². The van der Waals surface area contributed by atoms with Crippen molar-refractivity contribution in [2.45, 2.75) is 26.3 Å². The molecule has 0 saturated heterocycles. The standard InChI is InChI=1S/C12H18BrNO/c1-4-8(2)12(14)9-5-6-11(15-3)10(13)7-9/h5-8,12H,4,14H2,1-3H3/t8?,12-/m1/s1. The van der Waals surface area contributed by atoms with Gasteiger partial charge in [-0.25, -0.2) is 0 Å². The molecular formula is C12H18BrNO. The van der Waals surface area contributed by atoms with Crippen LogP contribution in [0.5, 0.6) is 5.75 Å². The minimum atomic E-state index is 0.0946. The summed E-state index contributed by atoms with van der Waals surface area (Å²) < 4.78 is 6.14. The topological polar surface area (TPSA) is 35.2 Å². The molecule has 1 unspecified atom stereocenters. The maximum atomic E-state index is 6.15. The fourth-order valence-corrected chi connectivity index (χ4v) is 2.03. The fraction of sp³-hybridized carbons (Fsp3) is 0.500. The average Bonchev–Trinajstić information content (AvgIpc) is 2.26. The first-order valence-electron chi connectivity index (χ1n) is 5.19. The van der Waals surface area contributed by atoms with Crippen molar-refractivity contribution < 1.29 is 4.74 Å². The van der Waals surface area contributed by atoms with E-state index in [0.29, 0.717) is 5.92 Å². The zero-order chi connectivity index (χ0) is 11.4. The van der Waals surface area contributed by atoms with Crippen molar-refractivity contribution in [3.8, 4) is 5.75 Å². The summed E-state index contributed by atoms with van der Waals surface area (Å²) in [6.07, 6.45) is 1.09. The first kappa shape index (κ1) is 12.5. The molecule has 84 valence electrons. The van der Waals surface area contributed by atoms with E-state index in [1.165, 1.54) is 0 Å². The van der Waals surface area contributed by atoms with Gasteiger partial charge in [0.05, 0.1) is 11.6 Å². The zero-order valence-corrected chi connectivity index (χ0v) is 11.0. The minimum absolute atomic E-state index is 0.0946. The van der Waals surface area contributed by atoms with Crippen LogP contribution < -0.4 is 10.5 Å². The number of rotatable bonds is 4. The summed E-state index contributed by atoms with van der Waals surface area (Å²) in [6, 6.07) is 6.11. The van der Waals surface area contributed by atoms with E-state index >= 15 is 0 Å². The highest BCUT2D eigenvalue weighted by molar-refractivity contribution is 9.10. The molecule has 15 heavy (non-hydrogen) atoms. The Kier molecular flexibility index (Phi) is 4.61. The highest BCUT2D eigenvalue weighted by Crippen LogP contribution is 2.30. The molecule has 0 aromatic heterocycles. The van der Waals surface area contributed by atoms with Crippen LogP contribution in [-0.4, -0.2) is 7.11 Å². The van der Waals surface area contributed by atoms with Crippen LogP contribution in [0.25, 0.3) is 0 Å². The molecule has 2 nitrogen and oxygen atoms in total. The van der Waals surface area contributed by atoms with Crippen LogP contribution in [-0.2, 0) is 0 Å². The first-order valence-corrected chi connectivity index (χ1v) is 5.98. The number of nitrogens with two attached hydrogens (primary N) is 1. The van der Waals surface area contributed by atoms with Crippen molar-refractivity contribution in [2.24, 2.45) is 11.7 Å². The lowest BCUT2D eigenvalue weighted by Gasteiger charge is -2.19. The van der Waals surface area contributed by atoms with Gasteiger partial charge in [0.1, 0.15) is 5.75 Å². The van der Waals surface area contributed by atoms with E-state index in [2.05, 4.69) is 29.8 Å². The zero-order valence-electron chi connectivity index (χ0n) is 9.46. The maximum absolute atomic E-state index is 6.15. The van der Waals surface area contributed by atoms with Gasteiger partial charge in [-0.3, -0.25) is 0 Å². The summed E-state index contributed by atoms with van der Waals surface area (Å²) in [5.74, 6) is 1.33. The van der Waals surface area contributed by atoms with Gasteiger partial charge in [-0.15, -0.1) is 0 Å². The summed E-state index contributed by atoms with van der Waals surface area (Å²) in [7, 11) is 1.66. The van der Waals surface area contributed by atoms with Gasteiger partial charge < -0.3 is 10.5 Å². The van der Waals surface area contributed by atoms with Crippen LogP contribution in [0.1, 0.15) is 31.9 Å². The molecule has 0 bridgehead atoms. The van der Waals surface area contributed by atoms with Crippen molar-refractivity contribution in [2.75, 3.05) is 7.11 Å². The van der Waals surface area contributed by atoms with E-state index < -0.39 is 0 Å². The molecule has 1 aromatic rings.